The van der Waals surface area contributed by atoms with Crippen molar-refractivity contribution in [3.05, 3.63) is 83.2 Å². The minimum Gasteiger partial charge on any atom is -0.497 e. The molecule has 3 aromatic rings. The average molecular weight is 375 g/mol. The van der Waals surface area contributed by atoms with E-state index >= 15 is 0 Å². The van der Waals surface area contributed by atoms with Crippen molar-refractivity contribution < 1.29 is 14.3 Å². The first-order valence-corrected chi connectivity index (χ1v) is 8.75. The lowest BCUT2D eigenvalue weighted by atomic mass is 10.1. The molecule has 0 spiro atoms. The van der Waals surface area contributed by atoms with Gasteiger partial charge in [-0.25, -0.2) is 0 Å². The molecule has 2 N–H and O–H groups in total. The summed E-state index contributed by atoms with van der Waals surface area (Å²) in [5.74, 6) is 0.0259. The third-order valence-corrected chi connectivity index (χ3v) is 4.38. The van der Waals surface area contributed by atoms with E-state index in [0.29, 0.717) is 28.3 Å². The van der Waals surface area contributed by atoms with Crippen LogP contribution in [0.3, 0.4) is 0 Å². The van der Waals surface area contributed by atoms with Gasteiger partial charge in [0.15, 0.2) is 0 Å². The first-order valence-electron chi connectivity index (χ1n) is 8.75. The van der Waals surface area contributed by atoms with Gasteiger partial charge in [0.25, 0.3) is 11.8 Å². The molecule has 1 heterocycles. The van der Waals surface area contributed by atoms with Crippen LogP contribution in [-0.2, 0) is 0 Å². The summed E-state index contributed by atoms with van der Waals surface area (Å²) in [4.78, 5) is 29.0. The predicted octanol–water partition coefficient (Wildman–Crippen LogP) is 4.21. The fraction of sp³-hybridized carbons (Fsp3) is 0.136. The SMILES string of the molecule is COc1ccc(NC(=O)c2cncc(C(=O)Nc3ccc(C)c(C)c3)c2)cc1. The number of nitrogens with one attached hydrogen (secondary N) is 2. The summed E-state index contributed by atoms with van der Waals surface area (Å²) in [6.07, 6.45) is 2.85. The van der Waals surface area contributed by atoms with Crippen LogP contribution in [0.2, 0.25) is 0 Å². The number of hydrogen-bond donors (Lipinski definition) is 2. The summed E-state index contributed by atoms with van der Waals surface area (Å²) in [5.41, 5.74) is 4.15. The Hall–Kier alpha value is -3.67. The molecule has 1 aromatic heterocycles. The van der Waals surface area contributed by atoms with Crippen LogP contribution in [0, 0.1) is 13.8 Å². The molecule has 0 radical (unpaired) electrons. The van der Waals surface area contributed by atoms with Gasteiger partial charge >= 0.3 is 0 Å². The number of aromatic nitrogens is 1. The first kappa shape index (κ1) is 19.1. The molecular weight excluding hydrogens is 354 g/mol. The number of pyridine rings is 1. The van der Waals surface area contributed by atoms with Crippen LogP contribution in [0.25, 0.3) is 0 Å². The highest BCUT2D eigenvalue weighted by Gasteiger charge is 2.12. The fourth-order valence-corrected chi connectivity index (χ4v) is 2.59. The third kappa shape index (κ3) is 4.54. The maximum Gasteiger partial charge on any atom is 0.257 e. The lowest BCUT2D eigenvalue weighted by Gasteiger charge is -2.09. The molecule has 0 saturated carbocycles. The Morgan fingerprint density at radius 3 is 1.93 bits per heavy atom. The molecule has 0 aliphatic heterocycles. The van der Waals surface area contributed by atoms with E-state index in [-0.39, 0.29) is 11.8 Å². The molecule has 6 heteroatoms. The van der Waals surface area contributed by atoms with Crippen LogP contribution >= 0.6 is 0 Å². The lowest BCUT2D eigenvalue weighted by molar-refractivity contribution is 0.102. The van der Waals surface area contributed by atoms with Gasteiger partial charge in [-0.1, -0.05) is 6.07 Å². The Kier molecular flexibility index (Phi) is 5.69. The molecule has 28 heavy (non-hydrogen) atoms. The van der Waals surface area contributed by atoms with Gasteiger partial charge in [0.05, 0.1) is 18.2 Å². The number of nitrogens with zero attached hydrogens (tertiary/aromatic N) is 1. The van der Waals surface area contributed by atoms with Crippen molar-refractivity contribution in [2.45, 2.75) is 13.8 Å². The molecule has 0 fully saturated rings. The summed E-state index contributed by atoms with van der Waals surface area (Å²) in [6.45, 7) is 3.99. The summed E-state index contributed by atoms with van der Waals surface area (Å²) < 4.78 is 5.10. The van der Waals surface area contributed by atoms with Crippen LogP contribution in [0.4, 0.5) is 11.4 Å². The first-order chi connectivity index (χ1) is 13.5. The van der Waals surface area contributed by atoms with Crippen molar-refractivity contribution in [2.75, 3.05) is 17.7 Å². The summed E-state index contributed by atoms with van der Waals surface area (Å²) in [5, 5.41) is 5.60. The summed E-state index contributed by atoms with van der Waals surface area (Å²) >= 11 is 0. The number of ether oxygens (including phenoxy) is 1. The van der Waals surface area contributed by atoms with E-state index in [4.69, 9.17) is 4.74 Å². The summed E-state index contributed by atoms with van der Waals surface area (Å²) in [7, 11) is 1.58. The standard InChI is InChI=1S/C22H21N3O3/c1-14-4-5-19(10-15(14)2)25-22(27)17-11-16(12-23-13-17)21(26)24-18-6-8-20(28-3)9-7-18/h4-13H,1-3H3,(H,24,26)(H,25,27). The van der Waals surface area contributed by atoms with Gasteiger partial charge in [-0.15, -0.1) is 0 Å². The molecule has 142 valence electrons. The number of carbonyl (C=O) groups is 2. The van der Waals surface area contributed by atoms with Gasteiger partial charge in [-0.05, 0) is 67.4 Å². The quantitative estimate of drug-likeness (QED) is 0.700. The minimum atomic E-state index is -0.349. The van der Waals surface area contributed by atoms with Crippen molar-refractivity contribution in [2.24, 2.45) is 0 Å². The topological polar surface area (TPSA) is 80.3 Å². The second-order valence-corrected chi connectivity index (χ2v) is 6.40. The highest BCUT2D eigenvalue weighted by molar-refractivity contribution is 6.08. The Bertz CT molecular complexity index is 1010. The molecule has 2 amide bonds. The van der Waals surface area contributed by atoms with Gasteiger partial charge in [0, 0.05) is 23.8 Å². The molecule has 0 aliphatic rings. The van der Waals surface area contributed by atoms with Crippen LogP contribution in [-0.4, -0.2) is 23.9 Å². The van der Waals surface area contributed by atoms with Crippen molar-refractivity contribution >= 4 is 23.2 Å². The zero-order valence-corrected chi connectivity index (χ0v) is 15.9. The van der Waals surface area contributed by atoms with Crippen molar-refractivity contribution in [1.29, 1.82) is 0 Å². The number of carbonyl (C=O) groups excluding carboxylic acids is 2. The van der Waals surface area contributed by atoms with Crippen LogP contribution in [0.15, 0.2) is 60.9 Å². The average Bonchev–Trinajstić information content (AvgIpc) is 2.71. The zero-order chi connectivity index (χ0) is 20.1. The Morgan fingerprint density at radius 2 is 1.36 bits per heavy atom. The highest BCUT2D eigenvalue weighted by Crippen LogP contribution is 2.17. The molecule has 6 nitrogen and oxygen atoms in total. The number of benzene rings is 2. The maximum absolute atomic E-state index is 12.5. The molecule has 2 aromatic carbocycles. The van der Waals surface area contributed by atoms with E-state index in [1.165, 1.54) is 18.5 Å². The molecule has 0 atom stereocenters. The number of hydrogen-bond acceptors (Lipinski definition) is 4. The maximum atomic E-state index is 12.5. The Labute approximate surface area is 163 Å². The van der Waals surface area contributed by atoms with Crippen molar-refractivity contribution in [3.8, 4) is 5.75 Å². The predicted molar refractivity (Wildman–Crippen MR) is 109 cm³/mol. The van der Waals surface area contributed by atoms with Crippen LogP contribution in [0.5, 0.6) is 5.75 Å². The number of rotatable bonds is 5. The fourth-order valence-electron chi connectivity index (χ4n) is 2.59. The van der Waals surface area contributed by atoms with Crippen LogP contribution in [0.1, 0.15) is 31.8 Å². The smallest absolute Gasteiger partial charge is 0.257 e. The highest BCUT2D eigenvalue weighted by atomic mass is 16.5. The van der Waals surface area contributed by atoms with E-state index in [9.17, 15) is 9.59 Å². The second kappa shape index (κ2) is 8.35. The largest absolute Gasteiger partial charge is 0.497 e. The number of anilines is 2. The molecular formula is C22H21N3O3. The van der Waals surface area contributed by atoms with Gasteiger partial charge in [0.1, 0.15) is 5.75 Å². The van der Waals surface area contributed by atoms with E-state index in [0.717, 1.165) is 11.1 Å². The Morgan fingerprint density at radius 1 is 0.786 bits per heavy atom. The second-order valence-electron chi connectivity index (χ2n) is 6.40. The van der Waals surface area contributed by atoms with Gasteiger partial charge in [0.2, 0.25) is 0 Å². The van der Waals surface area contributed by atoms with Crippen molar-refractivity contribution in [1.82, 2.24) is 4.98 Å². The molecule has 0 saturated heterocycles. The van der Waals surface area contributed by atoms with E-state index in [1.807, 2.05) is 32.0 Å². The minimum absolute atomic E-state index is 0.295. The summed E-state index contributed by atoms with van der Waals surface area (Å²) in [6, 6.07) is 14.2. The lowest BCUT2D eigenvalue weighted by Crippen LogP contribution is -2.16. The van der Waals surface area contributed by atoms with Crippen molar-refractivity contribution in [3.63, 3.8) is 0 Å². The normalized spacial score (nSPS) is 10.2. The molecule has 0 aliphatic carbocycles. The van der Waals surface area contributed by atoms with Gasteiger partial charge in [-0.2, -0.15) is 0 Å². The molecule has 0 bridgehead atoms. The van der Waals surface area contributed by atoms with E-state index in [1.54, 1.807) is 31.4 Å². The van der Waals surface area contributed by atoms with Gasteiger partial charge in [-0.3, -0.25) is 14.6 Å². The monoisotopic (exact) mass is 375 g/mol. The number of aryl methyl sites for hydroxylation is 2. The zero-order valence-electron chi connectivity index (χ0n) is 15.9. The Balaban J connectivity index is 1.72. The van der Waals surface area contributed by atoms with Gasteiger partial charge < -0.3 is 15.4 Å². The van der Waals surface area contributed by atoms with E-state index in [2.05, 4.69) is 15.6 Å². The third-order valence-electron chi connectivity index (χ3n) is 4.38. The molecule has 0 unspecified atom stereocenters. The number of amides is 2. The molecule has 3 rings (SSSR count). The van der Waals surface area contributed by atoms with E-state index < -0.39 is 0 Å². The van der Waals surface area contributed by atoms with Crippen LogP contribution < -0.4 is 15.4 Å². The number of methoxy groups -OCH3 is 1.